The predicted octanol–water partition coefficient (Wildman–Crippen LogP) is 5.07. The smallest absolute Gasteiger partial charge is 0.268 e. The predicted molar refractivity (Wildman–Crippen MR) is 108 cm³/mol. The molecule has 0 spiro atoms. The van der Waals surface area contributed by atoms with Gasteiger partial charge in [0.2, 0.25) is 0 Å². The second kappa shape index (κ2) is 7.07. The van der Waals surface area contributed by atoms with Crippen LogP contribution in [0.1, 0.15) is 11.1 Å². The normalized spacial score (nSPS) is 15.9. The van der Waals surface area contributed by atoms with Crippen molar-refractivity contribution >= 4 is 67.6 Å². The highest BCUT2D eigenvalue weighted by Gasteiger charge is 2.34. The van der Waals surface area contributed by atoms with Crippen LogP contribution < -0.4 is 4.90 Å². The van der Waals surface area contributed by atoms with Gasteiger partial charge in [0.25, 0.3) is 11.6 Å². The zero-order valence-corrected chi connectivity index (χ0v) is 16.2. The first-order chi connectivity index (χ1) is 11.9. The SMILES string of the molecule is Cc1ccccc1N1C(=O)/C(=C/c2ccc(Br)c([N+](=O)[O-])c2)SC1=S. The van der Waals surface area contributed by atoms with Gasteiger partial charge in [-0.1, -0.05) is 48.2 Å². The van der Waals surface area contributed by atoms with Crippen LogP contribution in [-0.4, -0.2) is 15.2 Å². The monoisotopic (exact) mass is 434 g/mol. The average Bonchev–Trinajstić information content (AvgIpc) is 2.84. The summed E-state index contributed by atoms with van der Waals surface area (Å²) in [7, 11) is 0. The molecule has 0 bridgehead atoms. The van der Waals surface area contributed by atoms with Gasteiger partial charge >= 0.3 is 0 Å². The summed E-state index contributed by atoms with van der Waals surface area (Å²) in [5.74, 6) is -0.227. The maximum atomic E-state index is 12.8. The summed E-state index contributed by atoms with van der Waals surface area (Å²) in [6, 6.07) is 12.2. The molecule has 0 radical (unpaired) electrons. The zero-order chi connectivity index (χ0) is 18.1. The first-order valence-corrected chi connectivity index (χ1v) is 9.18. The molecule has 1 amide bonds. The van der Waals surface area contributed by atoms with Gasteiger partial charge in [-0.05, 0) is 52.2 Å². The number of thioether (sulfide) groups is 1. The highest BCUT2D eigenvalue weighted by Crippen LogP contribution is 2.37. The van der Waals surface area contributed by atoms with Gasteiger partial charge in [-0.15, -0.1) is 0 Å². The second-order valence-corrected chi connectivity index (χ2v) is 7.80. The molecule has 2 aromatic carbocycles. The minimum atomic E-state index is -0.472. The van der Waals surface area contributed by atoms with Gasteiger partial charge in [-0.3, -0.25) is 19.8 Å². The molecule has 0 aliphatic carbocycles. The standard InChI is InChI=1S/C17H11BrN2O3S2/c1-10-4-2-3-5-13(10)19-16(21)15(25-17(19)24)9-11-6-7-12(18)14(8-11)20(22)23/h2-9H,1H3/b15-9-. The molecule has 0 atom stereocenters. The van der Waals surface area contributed by atoms with Gasteiger partial charge in [-0.2, -0.15) is 0 Å². The largest absolute Gasteiger partial charge is 0.284 e. The number of carbonyl (C=O) groups excluding carboxylic acids is 1. The van der Waals surface area contributed by atoms with Crippen LogP contribution in [0.3, 0.4) is 0 Å². The molecule has 1 aliphatic rings. The van der Waals surface area contributed by atoms with E-state index in [1.54, 1.807) is 18.2 Å². The number of thiocarbonyl (C=S) groups is 1. The fourth-order valence-corrected chi connectivity index (χ4v) is 4.08. The maximum Gasteiger partial charge on any atom is 0.284 e. The molecule has 25 heavy (non-hydrogen) atoms. The Labute approximate surface area is 162 Å². The summed E-state index contributed by atoms with van der Waals surface area (Å²) >= 11 is 9.69. The van der Waals surface area contributed by atoms with E-state index >= 15 is 0 Å². The van der Waals surface area contributed by atoms with Crippen LogP contribution in [0, 0.1) is 17.0 Å². The summed E-state index contributed by atoms with van der Waals surface area (Å²) in [5, 5.41) is 11.1. The number of amides is 1. The fraction of sp³-hybridized carbons (Fsp3) is 0.0588. The highest BCUT2D eigenvalue weighted by molar-refractivity contribution is 9.10. The average molecular weight is 435 g/mol. The number of carbonyl (C=O) groups is 1. The summed E-state index contributed by atoms with van der Waals surface area (Å²) in [6.07, 6.45) is 1.62. The van der Waals surface area contributed by atoms with Crippen LogP contribution in [0.25, 0.3) is 6.08 Å². The summed E-state index contributed by atoms with van der Waals surface area (Å²) in [6.45, 7) is 1.91. The van der Waals surface area contributed by atoms with Crippen molar-refractivity contribution in [1.82, 2.24) is 0 Å². The van der Waals surface area contributed by atoms with E-state index in [-0.39, 0.29) is 11.6 Å². The first kappa shape index (κ1) is 17.8. The van der Waals surface area contributed by atoms with Crippen molar-refractivity contribution in [2.45, 2.75) is 6.92 Å². The molecule has 0 N–H and O–H groups in total. The summed E-state index contributed by atoms with van der Waals surface area (Å²) in [5.41, 5.74) is 2.21. The van der Waals surface area contributed by atoms with Gasteiger partial charge in [0, 0.05) is 6.07 Å². The van der Waals surface area contributed by atoms with Crippen molar-refractivity contribution in [2.75, 3.05) is 4.90 Å². The number of nitro benzene ring substituents is 1. The third kappa shape index (κ3) is 3.51. The Balaban J connectivity index is 1.98. The molecule has 1 aliphatic heterocycles. The number of para-hydroxylation sites is 1. The van der Waals surface area contributed by atoms with Crippen molar-refractivity contribution in [3.05, 3.63) is 73.1 Å². The van der Waals surface area contributed by atoms with Crippen molar-refractivity contribution in [1.29, 1.82) is 0 Å². The van der Waals surface area contributed by atoms with Crippen LogP contribution in [0.15, 0.2) is 51.8 Å². The Morgan fingerprint density at radius 3 is 2.68 bits per heavy atom. The van der Waals surface area contributed by atoms with E-state index in [1.165, 1.54) is 22.7 Å². The lowest BCUT2D eigenvalue weighted by Gasteiger charge is -2.16. The van der Waals surface area contributed by atoms with Crippen molar-refractivity contribution in [3.8, 4) is 0 Å². The van der Waals surface area contributed by atoms with E-state index in [4.69, 9.17) is 12.2 Å². The number of aryl methyl sites for hydroxylation is 1. The Kier molecular flexibility index (Phi) is 5.03. The number of nitro groups is 1. The van der Waals surface area contributed by atoms with Crippen LogP contribution in [0.2, 0.25) is 0 Å². The molecule has 0 saturated carbocycles. The van der Waals surface area contributed by atoms with E-state index in [2.05, 4.69) is 15.9 Å². The fourth-order valence-electron chi connectivity index (χ4n) is 2.40. The van der Waals surface area contributed by atoms with Crippen LogP contribution in [0.5, 0.6) is 0 Å². The zero-order valence-electron chi connectivity index (χ0n) is 12.9. The van der Waals surface area contributed by atoms with Crippen molar-refractivity contribution in [2.24, 2.45) is 0 Å². The molecule has 1 fully saturated rings. The summed E-state index contributed by atoms with van der Waals surface area (Å²) < 4.78 is 0.833. The van der Waals surface area contributed by atoms with E-state index in [9.17, 15) is 14.9 Å². The van der Waals surface area contributed by atoms with Gasteiger partial charge in [0.15, 0.2) is 4.32 Å². The van der Waals surface area contributed by atoms with Crippen molar-refractivity contribution < 1.29 is 9.72 Å². The lowest BCUT2D eigenvalue weighted by Crippen LogP contribution is -2.28. The lowest BCUT2D eigenvalue weighted by atomic mass is 10.1. The minimum absolute atomic E-state index is 0.0527. The van der Waals surface area contributed by atoms with Gasteiger partial charge in [0.05, 0.1) is 20.0 Å². The lowest BCUT2D eigenvalue weighted by molar-refractivity contribution is -0.385. The minimum Gasteiger partial charge on any atom is -0.268 e. The van der Waals surface area contributed by atoms with E-state index < -0.39 is 4.92 Å². The Morgan fingerprint density at radius 1 is 1.28 bits per heavy atom. The van der Waals surface area contributed by atoms with E-state index in [1.807, 2.05) is 31.2 Å². The molecule has 0 aromatic heterocycles. The Hall–Kier alpha value is -2.03. The molecule has 8 heteroatoms. The van der Waals surface area contributed by atoms with E-state index in [0.29, 0.717) is 19.3 Å². The third-order valence-electron chi connectivity index (χ3n) is 3.61. The third-order valence-corrected chi connectivity index (χ3v) is 5.59. The summed E-state index contributed by atoms with van der Waals surface area (Å²) in [4.78, 5) is 25.3. The number of hydrogen-bond donors (Lipinski definition) is 0. The molecule has 1 saturated heterocycles. The van der Waals surface area contributed by atoms with Gasteiger partial charge in [-0.25, -0.2) is 0 Å². The van der Waals surface area contributed by atoms with E-state index in [0.717, 1.165) is 11.3 Å². The van der Waals surface area contributed by atoms with Crippen LogP contribution in [-0.2, 0) is 4.79 Å². The Morgan fingerprint density at radius 2 is 2.00 bits per heavy atom. The van der Waals surface area contributed by atoms with Gasteiger partial charge in [0.1, 0.15) is 0 Å². The number of nitrogens with zero attached hydrogens (tertiary/aromatic N) is 2. The Bertz CT molecular complexity index is 943. The molecule has 126 valence electrons. The number of rotatable bonds is 3. The molecular formula is C17H11BrN2O3S2. The number of hydrogen-bond acceptors (Lipinski definition) is 5. The maximum absolute atomic E-state index is 12.8. The number of halogens is 1. The molecular weight excluding hydrogens is 424 g/mol. The number of anilines is 1. The molecule has 1 heterocycles. The van der Waals surface area contributed by atoms with Crippen LogP contribution >= 0.6 is 39.9 Å². The van der Waals surface area contributed by atoms with Crippen molar-refractivity contribution in [3.63, 3.8) is 0 Å². The molecule has 2 aromatic rings. The molecule has 5 nitrogen and oxygen atoms in total. The highest BCUT2D eigenvalue weighted by atomic mass is 79.9. The quantitative estimate of drug-likeness (QED) is 0.292. The topological polar surface area (TPSA) is 63.5 Å². The number of benzene rings is 2. The molecule has 0 unspecified atom stereocenters. The van der Waals surface area contributed by atoms with Crippen LogP contribution in [0.4, 0.5) is 11.4 Å². The van der Waals surface area contributed by atoms with Gasteiger partial charge < -0.3 is 0 Å². The molecule has 3 rings (SSSR count). The second-order valence-electron chi connectivity index (χ2n) is 5.27. The first-order valence-electron chi connectivity index (χ1n) is 7.16.